The summed E-state index contributed by atoms with van der Waals surface area (Å²) in [5.41, 5.74) is 0. The molecule has 0 bridgehead atoms. The van der Waals surface area contributed by atoms with Gasteiger partial charge in [-0.3, -0.25) is 0 Å². The lowest BCUT2D eigenvalue weighted by molar-refractivity contribution is -0.301. The van der Waals surface area contributed by atoms with Crippen molar-refractivity contribution in [2.45, 2.75) is 95.4 Å². The van der Waals surface area contributed by atoms with Crippen molar-refractivity contribution in [2.75, 3.05) is 13.2 Å². The van der Waals surface area contributed by atoms with Crippen molar-refractivity contribution in [3.8, 4) is 0 Å². The molecule has 0 aromatic carbocycles. The Bertz CT molecular complexity index is 286. The van der Waals surface area contributed by atoms with E-state index in [0.29, 0.717) is 6.61 Å². The van der Waals surface area contributed by atoms with Gasteiger partial charge in [-0.2, -0.15) is 0 Å². The average Bonchev–Trinajstić information content (AvgIpc) is 2.56. The largest absolute Gasteiger partial charge is 0.394 e. The Morgan fingerprint density at radius 2 is 1.35 bits per heavy atom. The van der Waals surface area contributed by atoms with Gasteiger partial charge >= 0.3 is 0 Å². The first kappa shape index (κ1) is 20.8. The molecule has 0 unspecified atom stereocenters. The lowest BCUT2D eigenvalue weighted by atomic mass is 9.99. The number of unbranched alkanes of at least 4 members (excludes halogenated alkanes) is 8. The Morgan fingerprint density at radius 3 is 1.91 bits per heavy atom. The minimum Gasteiger partial charge on any atom is -0.394 e. The van der Waals surface area contributed by atoms with Crippen LogP contribution in [0.2, 0.25) is 0 Å². The van der Waals surface area contributed by atoms with Gasteiger partial charge in [0.15, 0.2) is 6.29 Å². The lowest BCUT2D eigenvalue weighted by Gasteiger charge is -2.39. The van der Waals surface area contributed by atoms with Crippen LogP contribution in [0.1, 0.15) is 64.7 Å². The molecule has 0 aliphatic carbocycles. The van der Waals surface area contributed by atoms with Gasteiger partial charge in [0, 0.05) is 6.61 Å². The zero-order valence-electron chi connectivity index (χ0n) is 14.3. The molecule has 4 N–H and O–H groups in total. The van der Waals surface area contributed by atoms with Gasteiger partial charge in [-0.25, -0.2) is 0 Å². The van der Waals surface area contributed by atoms with Crippen molar-refractivity contribution >= 4 is 0 Å². The van der Waals surface area contributed by atoms with Gasteiger partial charge in [-0.15, -0.1) is 0 Å². The van der Waals surface area contributed by atoms with Crippen LogP contribution >= 0.6 is 0 Å². The highest BCUT2D eigenvalue weighted by Crippen LogP contribution is 2.22. The Balaban J connectivity index is 2.06. The van der Waals surface area contributed by atoms with E-state index in [1.807, 2.05) is 0 Å². The van der Waals surface area contributed by atoms with E-state index in [-0.39, 0.29) is 0 Å². The number of hydrogen-bond donors (Lipinski definition) is 4. The third kappa shape index (κ3) is 7.45. The Morgan fingerprint density at radius 1 is 0.783 bits per heavy atom. The van der Waals surface area contributed by atoms with Crippen molar-refractivity contribution in [3.05, 3.63) is 0 Å². The summed E-state index contributed by atoms with van der Waals surface area (Å²) in [6.45, 7) is 2.22. The molecule has 1 heterocycles. The molecule has 1 rings (SSSR count). The van der Waals surface area contributed by atoms with Crippen LogP contribution in [0, 0.1) is 0 Å². The van der Waals surface area contributed by atoms with Gasteiger partial charge in [-0.05, 0) is 6.42 Å². The molecule has 1 aliphatic heterocycles. The van der Waals surface area contributed by atoms with Gasteiger partial charge in [-0.1, -0.05) is 58.3 Å². The summed E-state index contributed by atoms with van der Waals surface area (Å²) in [6.07, 6.45) is 4.97. The topological polar surface area (TPSA) is 99.4 Å². The third-order valence-electron chi connectivity index (χ3n) is 4.38. The first-order chi connectivity index (χ1) is 11.1. The molecule has 0 saturated carbocycles. The molecule has 1 aliphatic rings. The summed E-state index contributed by atoms with van der Waals surface area (Å²) in [5, 5.41) is 38.2. The molecule has 5 atom stereocenters. The Kier molecular flexibility index (Phi) is 11.0. The van der Waals surface area contributed by atoms with Crippen LogP contribution < -0.4 is 0 Å². The molecule has 0 aromatic heterocycles. The van der Waals surface area contributed by atoms with Crippen LogP contribution in [0.15, 0.2) is 0 Å². The molecular weight excluding hydrogens is 300 g/mol. The van der Waals surface area contributed by atoms with Crippen molar-refractivity contribution in [1.82, 2.24) is 0 Å². The van der Waals surface area contributed by atoms with E-state index >= 15 is 0 Å². The minimum absolute atomic E-state index is 0.428. The zero-order chi connectivity index (χ0) is 17.1. The molecule has 0 spiro atoms. The maximum Gasteiger partial charge on any atom is 0.186 e. The van der Waals surface area contributed by atoms with E-state index < -0.39 is 37.3 Å². The summed E-state index contributed by atoms with van der Waals surface area (Å²) < 4.78 is 10.7. The number of rotatable bonds is 12. The highest BCUT2D eigenvalue weighted by atomic mass is 16.7. The van der Waals surface area contributed by atoms with Crippen LogP contribution in [-0.4, -0.2) is 64.3 Å². The maximum absolute atomic E-state index is 9.82. The molecule has 1 saturated heterocycles. The van der Waals surface area contributed by atoms with Gasteiger partial charge in [0.05, 0.1) is 6.61 Å². The summed E-state index contributed by atoms with van der Waals surface area (Å²) in [5.74, 6) is 0. The van der Waals surface area contributed by atoms with E-state index in [2.05, 4.69) is 6.92 Å². The molecular formula is C17H34O6. The smallest absolute Gasteiger partial charge is 0.186 e. The monoisotopic (exact) mass is 334 g/mol. The van der Waals surface area contributed by atoms with Crippen molar-refractivity contribution in [3.63, 3.8) is 0 Å². The maximum atomic E-state index is 9.82. The zero-order valence-corrected chi connectivity index (χ0v) is 14.3. The first-order valence-corrected chi connectivity index (χ1v) is 9.04. The molecule has 138 valence electrons. The second kappa shape index (κ2) is 12.2. The molecule has 0 aromatic rings. The predicted molar refractivity (Wildman–Crippen MR) is 86.9 cm³/mol. The fourth-order valence-electron chi connectivity index (χ4n) is 2.82. The highest BCUT2D eigenvalue weighted by Gasteiger charge is 2.43. The van der Waals surface area contributed by atoms with Crippen LogP contribution in [0.5, 0.6) is 0 Å². The second-order valence-corrected chi connectivity index (χ2v) is 6.40. The van der Waals surface area contributed by atoms with Crippen LogP contribution in [0.4, 0.5) is 0 Å². The van der Waals surface area contributed by atoms with E-state index in [4.69, 9.17) is 14.6 Å². The van der Waals surface area contributed by atoms with Crippen LogP contribution in [0.3, 0.4) is 0 Å². The van der Waals surface area contributed by atoms with Gasteiger partial charge in [0.25, 0.3) is 0 Å². The van der Waals surface area contributed by atoms with E-state index in [1.54, 1.807) is 0 Å². The van der Waals surface area contributed by atoms with Gasteiger partial charge in [0.1, 0.15) is 24.4 Å². The van der Waals surface area contributed by atoms with Crippen molar-refractivity contribution in [1.29, 1.82) is 0 Å². The fraction of sp³-hybridized carbons (Fsp3) is 1.00. The lowest BCUT2D eigenvalue weighted by Crippen LogP contribution is -2.59. The molecule has 6 heteroatoms. The summed E-state index contributed by atoms with van der Waals surface area (Å²) in [7, 11) is 0. The van der Waals surface area contributed by atoms with Gasteiger partial charge < -0.3 is 29.9 Å². The highest BCUT2D eigenvalue weighted by molar-refractivity contribution is 4.88. The van der Waals surface area contributed by atoms with E-state index in [9.17, 15) is 15.3 Å². The summed E-state index contributed by atoms with van der Waals surface area (Å²) in [4.78, 5) is 0. The molecule has 23 heavy (non-hydrogen) atoms. The van der Waals surface area contributed by atoms with E-state index in [0.717, 1.165) is 12.8 Å². The Hall–Kier alpha value is -0.240. The quantitative estimate of drug-likeness (QED) is 0.402. The third-order valence-corrected chi connectivity index (χ3v) is 4.38. The normalized spacial score (nSPS) is 31.4. The SMILES string of the molecule is CCCCCCCCCCCO[C@H]1O[C@H](CO)[C@@H](O)[C@H](O)[C@H]1O. The van der Waals surface area contributed by atoms with E-state index in [1.165, 1.54) is 44.9 Å². The summed E-state index contributed by atoms with van der Waals surface area (Å²) >= 11 is 0. The van der Waals surface area contributed by atoms with Crippen LogP contribution in [-0.2, 0) is 9.47 Å². The predicted octanol–water partition coefficient (Wildman–Crippen LogP) is 1.33. The number of hydrogen-bond acceptors (Lipinski definition) is 6. The Labute approximate surface area is 139 Å². The number of aliphatic hydroxyl groups is 4. The van der Waals surface area contributed by atoms with Crippen molar-refractivity contribution < 1.29 is 29.9 Å². The minimum atomic E-state index is -1.37. The standard InChI is InChI=1S/C17H34O6/c1-2-3-4-5-6-7-8-9-10-11-22-17-16(21)15(20)14(19)13(12-18)23-17/h13-21H,2-12H2,1H3/t13-,14-,15+,16-,17+/m1/s1. The summed E-state index contributed by atoms with van der Waals surface area (Å²) in [6, 6.07) is 0. The molecule has 1 fully saturated rings. The van der Waals surface area contributed by atoms with Crippen LogP contribution in [0.25, 0.3) is 0 Å². The van der Waals surface area contributed by atoms with Gasteiger partial charge in [0.2, 0.25) is 0 Å². The fourth-order valence-corrected chi connectivity index (χ4v) is 2.82. The van der Waals surface area contributed by atoms with Crippen molar-refractivity contribution in [2.24, 2.45) is 0 Å². The average molecular weight is 334 g/mol. The number of ether oxygens (including phenoxy) is 2. The number of aliphatic hydroxyl groups excluding tert-OH is 4. The molecule has 0 amide bonds. The first-order valence-electron chi connectivity index (χ1n) is 9.04. The molecule has 0 radical (unpaired) electrons. The molecule has 6 nitrogen and oxygen atoms in total. The second-order valence-electron chi connectivity index (χ2n) is 6.40.